The minimum atomic E-state index is -0.795. The van der Waals surface area contributed by atoms with Gasteiger partial charge in [0.25, 0.3) is 0 Å². The number of carboxylic acids is 1. The maximum absolute atomic E-state index is 10.4. The molecule has 15 heavy (non-hydrogen) atoms. The lowest BCUT2D eigenvalue weighted by Crippen LogP contribution is -2.21. The molecule has 1 N–H and O–H groups in total. The average Bonchev–Trinajstić information content (AvgIpc) is 2.47. The first-order valence-electron chi connectivity index (χ1n) is 4.32. The van der Waals surface area contributed by atoms with Crippen molar-refractivity contribution in [1.29, 1.82) is 0 Å². The van der Waals surface area contributed by atoms with Crippen LogP contribution in [-0.2, 0) is 11.3 Å². The summed E-state index contributed by atoms with van der Waals surface area (Å²) in [6, 6.07) is 0. The zero-order valence-corrected chi connectivity index (χ0v) is 10.5. The molecular formula is C9H11Cl2NO2S. The molecule has 1 rings (SSSR count). The SMILES string of the molecule is CN(CCC(=O)O)Cc1csc(Cl)c1Cl. The van der Waals surface area contributed by atoms with Crippen LogP contribution in [0.4, 0.5) is 0 Å². The molecule has 1 heterocycles. The Balaban J connectivity index is 2.47. The van der Waals surface area contributed by atoms with Gasteiger partial charge in [0.15, 0.2) is 0 Å². The Morgan fingerprint density at radius 1 is 1.60 bits per heavy atom. The highest BCUT2D eigenvalue weighted by atomic mass is 35.5. The van der Waals surface area contributed by atoms with E-state index in [0.717, 1.165) is 5.56 Å². The number of aliphatic carboxylic acids is 1. The molecule has 6 heteroatoms. The Hall–Kier alpha value is -0.290. The molecule has 0 aliphatic heterocycles. The second-order valence-electron chi connectivity index (χ2n) is 3.23. The molecule has 0 unspecified atom stereocenters. The van der Waals surface area contributed by atoms with Crippen molar-refractivity contribution >= 4 is 40.5 Å². The van der Waals surface area contributed by atoms with Crippen LogP contribution in [0.5, 0.6) is 0 Å². The van der Waals surface area contributed by atoms with E-state index in [0.29, 0.717) is 22.4 Å². The minimum absolute atomic E-state index is 0.131. The number of carboxylic acid groups (broad SMARTS) is 1. The van der Waals surface area contributed by atoms with Crippen molar-refractivity contribution in [3.05, 3.63) is 20.3 Å². The van der Waals surface area contributed by atoms with Crippen LogP contribution < -0.4 is 0 Å². The lowest BCUT2D eigenvalue weighted by atomic mass is 10.3. The molecule has 0 amide bonds. The quantitative estimate of drug-likeness (QED) is 0.892. The summed E-state index contributed by atoms with van der Waals surface area (Å²) >= 11 is 13.2. The first kappa shape index (κ1) is 12.8. The summed E-state index contributed by atoms with van der Waals surface area (Å²) in [7, 11) is 1.85. The van der Waals surface area contributed by atoms with Gasteiger partial charge in [-0.25, -0.2) is 0 Å². The van der Waals surface area contributed by atoms with Crippen molar-refractivity contribution in [2.24, 2.45) is 0 Å². The number of rotatable bonds is 5. The van der Waals surface area contributed by atoms with Crippen LogP contribution in [0.1, 0.15) is 12.0 Å². The molecule has 0 saturated carbocycles. The number of carbonyl (C=O) groups is 1. The van der Waals surface area contributed by atoms with Gasteiger partial charge in [0, 0.05) is 13.1 Å². The summed E-state index contributed by atoms with van der Waals surface area (Å²) < 4.78 is 0.582. The van der Waals surface area contributed by atoms with Gasteiger partial charge >= 0.3 is 5.97 Å². The molecule has 0 saturated heterocycles. The molecule has 0 bridgehead atoms. The summed E-state index contributed by atoms with van der Waals surface area (Å²) in [5, 5.41) is 11.0. The van der Waals surface area contributed by atoms with Gasteiger partial charge in [-0.2, -0.15) is 0 Å². The highest BCUT2D eigenvalue weighted by molar-refractivity contribution is 7.15. The number of nitrogens with zero attached hydrogens (tertiary/aromatic N) is 1. The monoisotopic (exact) mass is 267 g/mol. The van der Waals surface area contributed by atoms with Crippen molar-refractivity contribution in [2.45, 2.75) is 13.0 Å². The Kier molecular flexibility index (Phi) is 4.86. The van der Waals surface area contributed by atoms with Crippen molar-refractivity contribution < 1.29 is 9.90 Å². The molecule has 0 aliphatic carbocycles. The van der Waals surface area contributed by atoms with Gasteiger partial charge in [0.2, 0.25) is 0 Å². The van der Waals surface area contributed by atoms with Crippen LogP contribution in [0, 0.1) is 0 Å². The standard InChI is InChI=1S/C9H11Cl2NO2S/c1-12(3-2-7(13)14)4-6-5-15-9(11)8(6)10/h5H,2-4H2,1H3,(H,13,14). The van der Waals surface area contributed by atoms with Crippen LogP contribution in [-0.4, -0.2) is 29.6 Å². The predicted octanol–water partition coefficient (Wildman–Crippen LogP) is 2.96. The normalized spacial score (nSPS) is 10.9. The van der Waals surface area contributed by atoms with E-state index in [1.54, 1.807) is 0 Å². The number of hydrogen-bond acceptors (Lipinski definition) is 3. The molecule has 0 aliphatic rings. The van der Waals surface area contributed by atoms with E-state index in [-0.39, 0.29) is 6.42 Å². The van der Waals surface area contributed by atoms with Gasteiger partial charge in [-0.3, -0.25) is 4.79 Å². The molecule has 0 atom stereocenters. The molecule has 0 radical (unpaired) electrons. The topological polar surface area (TPSA) is 40.5 Å². The van der Waals surface area contributed by atoms with Gasteiger partial charge in [-0.1, -0.05) is 23.2 Å². The van der Waals surface area contributed by atoms with Gasteiger partial charge in [-0.05, 0) is 18.0 Å². The van der Waals surface area contributed by atoms with E-state index < -0.39 is 5.97 Å². The molecule has 1 aromatic rings. The van der Waals surface area contributed by atoms with Crippen LogP contribution in [0.25, 0.3) is 0 Å². The third-order valence-electron chi connectivity index (χ3n) is 1.91. The maximum Gasteiger partial charge on any atom is 0.304 e. The van der Waals surface area contributed by atoms with Gasteiger partial charge in [0.05, 0.1) is 11.4 Å². The molecule has 0 fully saturated rings. The van der Waals surface area contributed by atoms with Crippen LogP contribution in [0.15, 0.2) is 5.38 Å². The molecule has 0 spiro atoms. The Morgan fingerprint density at radius 2 is 2.27 bits per heavy atom. The summed E-state index contributed by atoms with van der Waals surface area (Å²) in [5.74, 6) is -0.795. The van der Waals surface area contributed by atoms with Crippen LogP contribution >= 0.6 is 34.5 Å². The summed E-state index contributed by atoms with van der Waals surface area (Å²) in [4.78, 5) is 12.3. The average molecular weight is 268 g/mol. The van der Waals surface area contributed by atoms with Crippen molar-refractivity contribution in [1.82, 2.24) is 4.90 Å². The Morgan fingerprint density at radius 3 is 2.73 bits per heavy atom. The van der Waals surface area contributed by atoms with E-state index in [4.69, 9.17) is 28.3 Å². The molecule has 3 nitrogen and oxygen atoms in total. The van der Waals surface area contributed by atoms with Crippen molar-refractivity contribution in [3.8, 4) is 0 Å². The minimum Gasteiger partial charge on any atom is -0.481 e. The number of halogens is 2. The van der Waals surface area contributed by atoms with Crippen molar-refractivity contribution in [3.63, 3.8) is 0 Å². The van der Waals surface area contributed by atoms with Gasteiger partial charge < -0.3 is 10.0 Å². The zero-order chi connectivity index (χ0) is 11.4. The fraction of sp³-hybridized carbons (Fsp3) is 0.444. The fourth-order valence-electron chi connectivity index (χ4n) is 1.12. The summed E-state index contributed by atoms with van der Waals surface area (Å²) in [6.07, 6.45) is 0.131. The highest BCUT2D eigenvalue weighted by Crippen LogP contribution is 2.32. The van der Waals surface area contributed by atoms with Crippen LogP contribution in [0.2, 0.25) is 9.36 Å². The molecule has 0 aromatic carbocycles. The Bertz CT molecular complexity index is 354. The van der Waals surface area contributed by atoms with E-state index >= 15 is 0 Å². The summed E-state index contributed by atoms with van der Waals surface area (Å²) in [6.45, 7) is 1.12. The lowest BCUT2D eigenvalue weighted by molar-refractivity contribution is -0.137. The van der Waals surface area contributed by atoms with E-state index in [1.807, 2.05) is 17.3 Å². The van der Waals surface area contributed by atoms with Crippen molar-refractivity contribution in [2.75, 3.05) is 13.6 Å². The molecule has 84 valence electrons. The first-order chi connectivity index (χ1) is 7.00. The predicted molar refractivity (Wildman–Crippen MR) is 62.9 cm³/mol. The fourth-order valence-corrected chi connectivity index (χ4v) is 2.36. The largest absolute Gasteiger partial charge is 0.481 e. The van der Waals surface area contributed by atoms with E-state index in [2.05, 4.69) is 0 Å². The van der Waals surface area contributed by atoms with E-state index in [1.165, 1.54) is 11.3 Å². The third kappa shape index (κ3) is 3.99. The zero-order valence-electron chi connectivity index (χ0n) is 8.17. The van der Waals surface area contributed by atoms with Gasteiger partial charge in [0.1, 0.15) is 4.34 Å². The molecular weight excluding hydrogens is 257 g/mol. The smallest absolute Gasteiger partial charge is 0.304 e. The third-order valence-corrected chi connectivity index (χ3v) is 3.82. The molecule has 1 aromatic heterocycles. The second-order valence-corrected chi connectivity index (χ2v) is 5.09. The van der Waals surface area contributed by atoms with Crippen LogP contribution in [0.3, 0.4) is 0 Å². The summed E-state index contributed by atoms with van der Waals surface area (Å²) in [5.41, 5.74) is 0.944. The van der Waals surface area contributed by atoms with E-state index in [9.17, 15) is 4.79 Å². The highest BCUT2D eigenvalue weighted by Gasteiger charge is 2.10. The van der Waals surface area contributed by atoms with Gasteiger partial charge in [-0.15, -0.1) is 11.3 Å². The maximum atomic E-state index is 10.4. The lowest BCUT2D eigenvalue weighted by Gasteiger charge is -2.14. The second kappa shape index (κ2) is 5.70. The first-order valence-corrected chi connectivity index (χ1v) is 5.96. The number of hydrogen-bond donors (Lipinski definition) is 1. The Labute approximate surface area is 102 Å². The number of thiophene rings is 1.